The SMILES string of the molecule is CCCn1ccnc(N(C)CC(C)Cl)c1=O. The molecule has 0 bridgehead atoms. The van der Waals surface area contributed by atoms with Crippen LogP contribution in [-0.2, 0) is 6.54 Å². The van der Waals surface area contributed by atoms with Gasteiger partial charge in [-0.05, 0) is 13.3 Å². The second-order valence-corrected chi connectivity index (χ2v) is 4.66. The number of alkyl halides is 1. The molecule has 0 aliphatic heterocycles. The predicted molar refractivity (Wildman–Crippen MR) is 67.4 cm³/mol. The van der Waals surface area contributed by atoms with Crippen LogP contribution in [0.15, 0.2) is 17.2 Å². The van der Waals surface area contributed by atoms with Crippen molar-refractivity contribution in [1.82, 2.24) is 9.55 Å². The van der Waals surface area contributed by atoms with Gasteiger partial charge in [0, 0.05) is 37.9 Å². The van der Waals surface area contributed by atoms with Gasteiger partial charge < -0.3 is 9.47 Å². The maximum absolute atomic E-state index is 12.0. The molecular formula is C11H18ClN3O. The maximum atomic E-state index is 12.0. The van der Waals surface area contributed by atoms with E-state index in [2.05, 4.69) is 4.98 Å². The summed E-state index contributed by atoms with van der Waals surface area (Å²) >= 11 is 5.90. The van der Waals surface area contributed by atoms with Gasteiger partial charge in [0.2, 0.25) is 0 Å². The summed E-state index contributed by atoms with van der Waals surface area (Å²) in [6.07, 6.45) is 4.30. The van der Waals surface area contributed by atoms with Gasteiger partial charge >= 0.3 is 0 Å². The molecule has 16 heavy (non-hydrogen) atoms. The van der Waals surface area contributed by atoms with E-state index in [-0.39, 0.29) is 10.9 Å². The van der Waals surface area contributed by atoms with E-state index in [0.717, 1.165) is 13.0 Å². The van der Waals surface area contributed by atoms with Crippen molar-refractivity contribution in [2.75, 3.05) is 18.5 Å². The molecule has 0 aromatic carbocycles. The summed E-state index contributed by atoms with van der Waals surface area (Å²) in [5.74, 6) is 0.462. The van der Waals surface area contributed by atoms with Crippen molar-refractivity contribution in [1.29, 1.82) is 0 Å². The van der Waals surface area contributed by atoms with Crippen LogP contribution >= 0.6 is 11.6 Å². The first-order valence-corrected chi connectivity index (χ1v) is 5.90. The number of anilines is 1. The van der Waals surface area contributed by atoms with Crippen molar-refractivity contribution in [3.05, 3.63) is 22.7 Å². The summed E-state index contributed by atoms with van der Waals surface area (Å²) in [5, 5.41) is -0.00830. The number of halogens is 1. The number of hydrogen-bond acceptors (Lipinski definition) is 3. The van der Waals surface area contributed by atoms with E-state index in [9.17, 15) is 4.79 Å². The van der Waals surface area contributed by atoms with Gasteiger partial charge in [-0.1, -0.05) is 6.92 Å². The van der Waals surface area contributed by atoms with Crippen molar-refractivity contribution >= 4 is 17.4 Å². The van der Waals surface area contributed by atoms with E-state index in [4.69, 9.17) is 11.6 Å². The van der Waals surface area contributed by atoms with Crippen LogP contribution in [0.1, 0.15) is 20.3 Å². The fourth-order valence-electron chi connectivity index (χ4n) is 1.58. The number of nitrogens with zero attached hydrogens (tertiary/aromatic N) is 3. The molecule has 0 fully saturated rings. The lowest BCUT2D eigenvalue weighted by atomic mass is 10.4. The van der Waals surface area contributed by atoms with E-state index in [1.165, 1.54) is 0 Å². The Labute approximate surface area is 101 Å². The molecule has 0 saturated heterocycles. The first kappa shape index (κ1) is 13.0. The number of hydrogen-bond donors (Lipinski definition) is 0. The number of aromatic nitrogens is 2. The van der Waals surface area contributed by atoms with Gasteiger partial charge in [-0.25, -0.2) is 4.98 Å². The second-order valence-electron chi connectivity index (χ2n) is 3.91. The highest BCUT2D eigenvalue weighted by atomic mass is 35.5. The summed E-state index contributed by atoms with van der Waals surface area (Å²) in [6.45, 7) is 5.27. The molecule has 0 N–H and O–H groups in total. The van der Waals surface area contributed by atoms with Gasteiger partial charge in [0.1, 0.15) is 0 Å². The Morgan fingerprint density at radius 2 is 2.31 bits per heavy atom. The Hall–Kier alpha value is -1.03. The molecule has 90 valence electrons. The van der Waals surface area contributed by atoms with Crippen LogP contribution in [0, 0.1) is 0 Å². The van der Waals surface area contributed by atoms with Crippen LogP contribution in [0.25, 0.3) is 0 Å². The van der Waals surface area contributed by atoms with Crippen LogP contribution in [0.5, 0.6) is 0 Å². The minimum absolute atomic E-state index is 0.00830. The molecule has 0 saturated carbocycles. The van der Waals surface area contributed by atoms with Crippen molar-refractivity contribution in [3.8, 4) is 0 Å². The molecule has 0 amide bonds. The Bertz CT molecular complexity index is 389. The monoisotopic (exact) mass is 243 g/mol. The molecule has 1 atom stereocenters. The minimum atomic E-state index is -0.0517. The lowest BCUT2D eigenvalue weighted by Gasteiger charge is -2.19. The lowest BCUT2D eigenvalue weighted by Crippen LogP contribution is -2.33. The average Bonchev–Trinajstić information content (AvgIpc) is 2.20. The zero-order chi connectivity index (χ0) is 12.1. The normalized spacial score (nSPS) is 12.5. The first-order valence-electron chi connectivity index (χ1n) is 5.47. The zero-order valence-corrected chi connectivity index (χ0v) is 10.7. The summed E-state index contributed by atoms with van der Waals surface area (Å²) in [4.78, 5) is 17.9. The van der Waals surface area contributed by atoms with Crippen LogP contribution in [-0.4, -0.2) is 28.5 Å². The van der Waals surface area contributed by atoms with E-state index in [1.54, 1.807) is 21.9 Å². The Morgan fingerprint density at radius 1 is 1.62 bits per heavy atom. The van der Waals surface area contributed by atoms with Gasteiger partial charge in [0.05, 0.1) is 0 Å². The topological polar surface area (TPSA) is 38.1 Å². The highest BCUT2D eigenvalue weighted by molar-refractivity contribution is 6.20. The molecule has 1 aromatic rings. The van der Waals surface area contributed by atoms with Crippen LogP contribution in [0.2, 0.25) is 0 Å². The quantitative estimate of drug-likeness (QED) is 0.739. The largest absolute Gasteiger partial charge is 0.354 e. The van der Waals surface area contributed by atoms with Crippen molar-refractivity contribution in [2.24, 2.45) is 0 Å². The summed E-state index contributed by atoms with van der Waals surface area (Å²) in [7, 11) is 1.83. The van der Waals surface area contributed by atoms with Gasteiger partial charge in [-0.15, -0.1) is 11.6 Å². The molecule has 1 aromatic heterocycles. The Balaban J connectivity index is 2.96. The van der Waals surface area contributed by atoms with Gasteiger partial charge in [0.15, 0.2) is 5.82 Å². The second kappa shape index (κ2) is 5.89. The average molecular weight is 244 g/mol. The summed E-state index contributed by atoms with van der Waals surface area (Å²) in [5.41, 5.74) is -0.0517. The van der Waals surface area contributed by atoms with Gasteiger partial charge in [-0.3, -0.25) is 4.79 Å². The zero-order valence-electron chi connectivity index (χ0n) is 9.98. The molecule has 1 heterocycles. The molecule has 0 aliphatic carbocycles. The van der Waals surface area contributed by atoms with Gasteiger partial charge in [0.25, 0.3) is 5.56 Å². The third-order valence-corrected chi connectivity index (χ3v) is 2.39. The van der Waals surface area contributed by atoms with Crippen LogP contribution < -0.4 is 10.5 Å². The highest BCUT2D eigenvalue weighted by Crippen LogP contribution is 2.04. The number of aryl methyl sites for hydroxylation is 1. The molecule has 4 nitrogen and oxygen atoms in total. The van der Waals surface area contributed by atoms with Crippen molar-refractivity contribution in [2.45, 2.75) is 32.2 Å². The molecule has 1 unspecified atom stereocenters. The Kier molecular flexibility index (Phi) is 4.80. The third-order valence-electron chi connectivity index (χ3n) is 2.25. The van der Waals surface area contributed by atoms with E-state index < -0.39 is 0 Å². The standard InChI is InChI=1S/C11H18ClN3O/c1-4-6-15-7-5-13-10(11(15)16)14(3)8-9(2)12/h5,7,9H,4,6,8H2,1-3H3. The summed E-state index contributed by atoms with van der Waals surface area (Å²) in [6, 6.07) is 0. The number of rotatable bonds is 5. The smallest absolute Gasteiger partial charge is 0.293 e. The van der Waals surface area contributed by atoms with Gasteiger partial charge in [-0.2, -0.15) is 0 Å². The molecule has 0 radical (unpaired) electrons. The molecule has 0 aliphatic rings. The predicted octanol–water partition coefficient (Wildman–Crippen LogP) is 1.72. The van der Waals surface area contributed by atoms with E-state index in [0.29, 0.717) is 12.4 Å². The van der Waals surface area contributed by atoms with E-state index >= 15 is 0 Å². The first-order chi connectivity index (χ1) is 7.56. The molecular weight excluding hydrogens is 226 g/mol. The summed E-state index contributed by atoms with van der Waals surface area (Å²) < 4.78 is 1.68. The lowest BCUT2D eigenvalue weighted by molar-refractivity contribution is 0.644. The molecule has 0 spiro atoms. The highest BCUT2D eigenvalue weighted by Gasteiger charge is 2.11. The maximum Gasteiger partial charge on any atom is 0.293 e. The third kappa shape index (κ3) is 3.23. The van der Waals surface area contributed by atoms with Crippen molar-refractivity contribution < 1.29 is 0 Å². The van der Waals surface area contributed by atoms with Crippen molar-refractivity contribution in [3.63, 3.8) is 0 Å². The van der Waals surface area contributed by atoms with Crippen LogP contribution in [0.3, 0.4) is 0 Å². The van der Waals surface area contributed by atoms with Crippen LogP contribution in [0.4, 0.5) is 5.82 Å². The Morgan fingerprint density at radius 3 is 2.88 bits per heavy atom. The minimum Gasteiger partial charge on any atom is -0.354 e. The van der Waals surface area contributed by atoms with E-state index in [1.807, 2.05) is 20.9 Å². The molecule has 1 rings (SSSR count). The molecule has 5 heteroatoms. The fraction of sp³-hybridized carbons (Fsp3) is 0.636. The fourth-order valence-corrected chi connectivity index (χ4v) is 1.79.